The number of halogens is 1. The Hall–Kier alpha value is -2.24. The number of fused-ring (bicyclic) bond motifs is 1. The molecule has 0 fully saturated rings. The van der Waals surface area contributed by atoms with Crippen LogP contribution in [0.2, 0.25) is 5.02 Å². The van der Waals surface area contributed by atoms with Crippen molar-refractivity contribution in [2.24, 2.45) is 5.92 Å². The summed E-state index contributed by atoms with van der Waals surface area (Å²) in [4.78, 5) is 22.8. The van der Waals surface area contributed by atoms with Crippen molar-refractivity contribution >= 4 is 34.5 Å². The quantitative estimate of drug-likeness (QED) is 0.699. The average molecular weight is 384 g/mol. The molecular weight excluding hydrogens is 366 g/mol. The van der Waals surface area contributed by atoms with Gasteiger partial charge in [-0.3, -0.25) is 9.78 Å². The summed E-state index contributed by atoms with van der Waals surface area (Å²) in [5.41, 5.74) is 3.90. The number of nitrogens with one attached hydrogen (secondary N) is 1. The third-order valence-electron chi connectivity index (χ3n) is 4.76. The highest BCUT2D eigenvalue weighted by molar-refractivity contribution is 7.15. The predicted molar refractivity (Wildman–Crippen MR) is 106 cm³/mol. The fourth-order valence-electron chi connectivity index (χ4n) is 3.19. The topological polar surface area (TPSA) is 54.9 Å². The van der Waals surface area contributed by atoms with Crippen LogP contribution in [0.3, 0.4) is 0 Å². The molecule has 0 radical (unpaired) electrons. The highest BCUT2D eigenvalue weighted by atomic mass is 35.5. The number of pyridine rings is 1. The summed E-state index contributed by atoms with van der Waals surface area (Å²) in [7, 11) is 0. The lowest BCUT2D eigenvalue weighted by molar-refractivity contribution is -0.120. The molecule has 3 aromatic rings. The van der Waals surface area contributed by atoms with Crippen molar-refractivity contribution in [2.75, 3.05) is 5.32 Å². The standard InChI is InChI=1S/C20H18ClN3OS/c1-12-15(21)3-2-4-16(12)23-19(25)14-5-6-17-18(11-14)26-20(24-17)13-7-9-22-10-8-13/h2-4,7-10,14H,5-6,11H2,1H3,(H,23,25). The molecule has 1 aromatic carbocycles. The van der Waals surface area contributed by atoms with E-state index >= 15 is 0 Å². The number of carbonyl (C=O) groups is 1. The molecular formula is C20H18ClN3OS. The molecule has 1 N–H and O–H groups in total. The van der Waals surface area contributed by atoms with Gasteiger partial charge in [0, 0.05) is 39.5 Å². The number of anilines is 1. The second kappa shape index (κ2) is 7.17. The Bertz CT molecular complexity index is 955. The fourth-order valence-corrected chi connectivity index (χ4v) is 4.56. The zero-order chi connectivity index (χ0) is 18.1. The zero-order valence-electron chi connectivity index (χ0n) is 14.3. The van der Waals surface area contributed by atoms with Crippen LogP contribution in [0.5, 0.6) is 0 Å². The summed E-state index contributed by atoms with van der Waals surface area (Å²) in [6.45, 7) is 1.92. The highest BCUT2D eigenvalue weighted by Crippen LogP contribution is 2.35. The molecule has 0 saturated carbocycles. The molecule has 132 valence electrons. The summed E-state index contributed by atoms with van der Waals surface area (Å²) >= 11 is 7.83. The maximum absolute atomic E-state index is 12.7. The molecule has 2 aromatic heterocycles. The van der Waals surface area contributed by atoms with Gasteiger partial charge in [0.05, 0.1) is 5.69 Å². The molecule has 4 nitrogen and oxygen atoms in total. The van der Waals surface area contributed by atoms with Crippen molar-refractivity contribution in [1.29, 1.82) is 0 Å². The summed E-state index contributed by atoms with van der Waals surface area (Å²) < 4.78 is 0. The Labute approximate surface area is 161 Å². The molecule has 6 heteroatoms. The largest absolute Gasteiger partial charge is 0.326 e. The molecule has 0 spiro atoms. The van der Waals surface area contributed by atoms with Gasteiger partial charge in [0.25, 0.3) is 0 Å². The predicted octanol–water partition coefficient (Wildman–Crippen LogP) is 4.91. The van der Waals surface area contributed by atoms with Crippen LogP contribution < -0.4 is 5.32 Å². The third-order valence-corrected chi connectivity index (χ3v) is 6.34. The molecule has 26 heavy (non-hydrogen) atoms. The number of aryl methyl sites for hydroxylation is 1. The molecule has 1 amide bonds. The van der Waals surface area contributed by atoms with Crippen LogP contribution in [-0.2, 0) is 17.6 Å². The van der Waals surface area contributed by atoms with Gasteiger partial charge in [-0.05, 0) is 56.0 Å². The van der Waals surface area contributed by atoms with Gasteiger partial charge in [0.1, 0.15) is 5.01 Å². The highest BCUT2D eigenvalue weighted by Gasteiger charge is 2.28. The monoisotopic (exact) mass is 383 g/mol. The number of thiazole rings is 1. The summed E-state index contributed by atoms with van der Waals surface area (Å²) in [5, 5.41) is 4.71. The first kappa shape index (κ1) is 17.2. The Morgan fingerprint density at radius 2 is 2.08 bits per heavy atom. The number of benzene rings is 1. The lowest BCUT2D eigenvalue weighted by Crippen LogP contribution is -2.28. The maximum atomic E-state index is 12.7. The zero-order valence-corrected chi connectivity index (χ0v) is 15.9. The van der Waals surface area contributed by atoms with E-state index in [9.17, 15) is 4.79 Å². The second-order valence-electron chi connectivity index (χ2n) is 6.47. The first-order valence-electron chi connectivity index (χ1n) is 8.57. The Morgan fingerprint density at radius 3 is 2.88 bits per heavy atom. The number of nitrogens with zero attached hydrogens (tertiary/aromatic N) is 2. The minimum atomic E-state index is -0.0355. The van der Waals surface area contributed by atoms with E-state index in [4.69, 9.17) is 16.6 Å². The van der Waals surface area contributed by atoms with E-state index in [0.717, 1.165) is 46.8 Å². The molecule has 1 unspecified atom stereocenters. The number of hydrogen-bond donors (Lipinski definition) is 1. The second-order valence-corrected chi connectivity index (χ2v) is 7.96. The molecule has 0 saturated heterocycles. The van der Waals surface area contributed by atoms with Gasteiger partial charge in [-0.15, -0.1) is 11.3 Å². The van der Waals surface area contributed by atoms with E-state index in [1.165, 1.54) is 4.88 Å². The van der Waals surface area contributed by atoms with Crippen molar-refractivity contribution in [3.05, 3.63) is 63.9 Å². The van der Waals surface area contributed by atoms with Gasteiger partial charge in [0.2, 0.25) is 5.91 Å². The van der Waals surface area contributed by atoms with E-state index in [-0.39, 0.29) is 11.8 Å². The Morgan fingerprint density at radius 1 is 1.27 bits per heavy atom. The molecule has 4 rings (SSSR count). The van der Waals surface area contributed by atoms with Gasteiger partial charge < -0.3 is 5.32 Å². The van der Waals surface area contributed by atoms with Crippen LogP contribution in [-0.4, -0.2) is 15.9 Å². The summed E-state index contributed by atoms with van der Waals surface area (Å²) in [5.74, 6) is 0.0199. The number of aromatic nitrogens is 2. The van der Waals surface area contributed by atoms with Crippen LogP contribution in [0.15, 0.2) is 42.7 Å². The van der Waals surface area contributed by atoms with E-state index in [1.807, 2.05) is 37.3 Å². The third kappa shape index (κ3) is 3.37. The van der Waals surface area contributed by atoms with Gasteiger partial charge in [-0.25, -0.2) is 4.98 Å². The molecule has 0 aliphatic heterocycles. The molecule has 1 atom stereocenters. The maximum Gasteiger partial charge on any atom is 0.227 e. The van der Waals surface area contributed by atoms with Gasteiger partial charge in [0.15, 0.2) is 0 Å². The lowest BCUT2D eigenvalue weighted by Gasteiger charge is -2.21. The molecule has 0 bridgehead atoms. The van der Waals surface area contributed by atoms with Crippen molar-refractivity contribution in [2.45, 2.75) is 26.2 Å². The van der Waals surface area contributed by atoms with Crippen LogP contribution in [0, 0.1) is 12.8 Å². The fraction of sp³-hybridized carbons (Fsp3) is 0.250. The average Bonchev–Trinajstić information content (AvgIpc) is 3.09. The SMILES string of the molecule is Cc1c(Cl)cccc1NC(=O)C1CCc2nc(-c3ccncc3)sc2C1. The number of rotatable bonds is 3. The van der Waals surface area contributed by atoms with E-state index in [1.54, 1.807) is 23.7 Å². The Balaban J connectivity index is 1.50. The van der Waals surface area contributed by atoms with Gasteiger partial charge in [-0.2, -0.15) is 0 Å². The first-order chi connectivity index (χ1) is 12.6. The minimum absolute atomic E-state index is 0.0355. The van der Waals surface area contributed by atoms with Crippen LogP contribution in [0.4, 0.5) is 5.69 Å². The van der Waals surface area contributed by atoms with E-state index in [2.05, 4.69) is 10.3 Å². The number of carbonyl (C=O) groups excluding carboxylic acids is 1. The summed E-state index contributed by atoms with van der Waals surface area (Å²) in [6, 6.07) is 9.51. The summed E-state index contributed by atoms with van der Waals surface area (Å²) in [6.07, 6.45) is 5.95. The van der Waals surface area contributed by atoms with Gasteiger partial charge >= 0.3 is 0 Å². The van der Waals surface area contributed by atoms with Crippen LogP contribution >= 0.6 is 22.9 Å². The van der Waals surface area contributed by atoms with Crippen LogP contribution in [0.1, 0.15) is 22.6 Å². The van der Waals surface area contributed by atoms with Crippen molar-refractivity contribution in [1.82, 2.24) is 9.97 Å². The van der Waals surface area contributed by atoms with Crippen molar-refractivity contribution in [3.8, 4) is 10.6 Å². The smallest absolute Gasteiger partial charge is 0.227 e. The molecule has 2 heterocycles. The molecule has 1 aliphatic rings. The Kier molecular flexibility index (Phi) is 4.74. The lowest BCUT2D eigenvalue weighted by atomic mass is 9.90. The number of hydrogen-bond acceptors (Lipinski definition) is 4. The number of amides is 1. The van der Waals surface area contributed by atoms with Crippen molar-refractivity contribution in [3.63, 3.8) is 0 Å². The normalized spacial score (nSPS) is 16.2. The minimum Gasteiger partial charge on any atom is -0.326 e. The van der Waals surface area contributed by atoms with Crippen LogP contribution in [0.25, 0.3) is 10.6 Å². The van der Waals surface area contributed by atoms with E-state index < -0.39 is 0 Å². The first-order valence-corrected chi connectivity index (χ1v) is 9.76. The van der Waals surface area contributed by atoms with Crippen molar-refractivity contribution < 1.29 is 4.79 Å². The molecule has 1 aliphatic carbocycles. The van der Waals surface area contributed by atoms with E-state index in [0.29, 0.717) is 5.02 Å². The van der Waals surface area contributed by atoms with Gasteiger partial charge in [-0.1, -0.05) is 17.7 Å².